The number of aryl methyl sites for hydroxylation is 1. The zero-order chi connectivity index (χ0) is 17.4. The van der Waals surface area contributed by atoms with Crippen molar-refractivity contribution in [1.29, 1.82) is 0 Å². The van der Waals surface area contributed by atoms with Crippen LogP contribution in [0.1, 0.15) is 16.7 Å². The van der Waals surface area contributed by atoms with Crippen molar-refractivity contribution in [2.75, 3.05) is 31.5 Å². The number of hydrogen-bond acceptors (Lipinski definition) is 3. The number of nitrogens with two attached hydrogens (primary N) is 1. The molecule has 0 aliphatic carbocycles. The second kappa shape index (κ2) is 10.9. The monoisotopic (exact) mass is 361 g/mol. The third-order valence-corrected chi connectivity index (χ3v) is 4.25. The highest BCUT2D eigenvalue weighted by Crippen LogP contribution is 2.17. The summed E-state index contributed by atoms with van der Waals surface area (Å²) in [7, 11) is 0. The first kappa shape index (κ1) is 21.2. The Morgan fingerprint density at radius 2 is 1.76 bits per heavy atom. The molecule has 3 N–H and O–H groups in total. The third-order valence-electron chi connectivity index (χ3n) is 4.25. The molecule has 0 bridgehead atoms. The van der Waals surface area contributed by atoms with Crippen molar-refractivity contribution in [3.63, 3.8) is 0 Å². The Balaban J connectivity index is 0.00000312. The molecule has 0 saturated carbocycles. The van der Waals surface area contributed by atoms with Gasteiger partial charge in [0.25, 0.3) is 0 Å². The molecule has 0 aliphatic heterocycles. The highest BCUT2D eigenvalue weighted by Gasteiger charge is 2.12. The number of nitrogens with one attached hydrogen (secondary N) is 1. The van der Waals surface area contributed by atoms with Gasteiger partial charge in [-0.25, -0.2) is 0 Å². The molecule has 0 unspecified atom stereocenters. The van der Waals surface area contributed by atoms with Gasteiger partial charge in [-0.1, -0.05) is 42.5 Å². The highest BCUT2D eigenvalue weighted by molar-refractivity contribution is 5.93. The van der Waals surface area contributed by atoms with Crippen LogP contribution in [0.5, 0.6) is 0 Å². The topological polar surface area (TPSA) is 58.4 Å². The molecule has 0 saturated heterocycles. The number of hydrogen-bond donors (Lipinski definition) is 2. The van der Waals surface area contributed by atoms with Crippen molar-refractivity contribution in [3.05, 3.63) is 65.2 Å². The molecular weight excluding hydrogens is 334 g/mol. The van der Waals surface area contributed by atoms with Crippen molar-refractivity contribution in [2.24, 2.45) is 5.73 Å². The maximum Gasteiger partial charge on any atom is 0.238 e. The van der Waals surface area contributed by atoms with Crippen LogP contribution in [0.4, 0.5) is 5.69 Å². The Labute approximate surface area is 156 Å². The Bertz CT molecular complexity index is 661. The zero-order valence-electron chi connectivity index (χ0n) is 15.0. The van der Waals surface area contributed by atoms with Gasteiger partial charge in [-0.2, -0.15) is 0 Å². The molecule has 2 rings (SSSR count). The van der Waals surface area contributed by atoms with Crippen LogP contribution in [0.25, 0.3) is 0 Å². The minimum absolute atomic E-state index is 0. The average molecular weight is 362 g/mol. The van der Waals surface area contributed by atoms with E-state index in [2.05, 4.69) is 22.3 Å². The lowest BCUT2D eigenvalue weighted by molar-refractivity contribution is -0.117. The standard InChI is InChI=1S/C20H27N3O.ClH/c1-16-7-6-10-19(17(16)2)22-20(24)15-23(14-12-21)13-11-18-8-4-3-5-9-18;/h3-10H,11-15,21H2,1-2H3,(H,22,24);1H. The molecule has 0 atom stereocenters. The maximum atomic E-state index is 12.4. The summed E-state index contributed by atoms with van der Waals surface area (Å²) in [5, 5.41) is 3.02. The van der Waals surface area contributed by atoms with Crippen molar-refractivity contribution in [2.45, 2.75) is 20.3 Å². The molecule has 0 radical (unpaired) electrons. The van der Waals surface area contributed by atoms with E-state index >= 15 is 0 Å². The fraction of sp³-hybridized carbons (Fsp3) is 0.350. The van der Waals surface area contributed by atoms with Crippen LogP contribution in [-0.2, 0) is 11.2 Å². The van der Waals surface area contributed by atoms with E-state index in [1.807, 2.05) is 50.2 Å². The summed E-state index contributed by atoms with van der Waals surface area (Å²) in [5.74, 6) is 0.00483. The first-order chi connectivity index (χ1) is 11.6. The number of anilines is 1. The van der Waals surface area contributed by atoms with Crippen LogP contribution >= 0.6 is 12.4 Å². The number of rotatable bonds is 8. The third kappa shape index (κ3) is 6.86. The van der Waals surface area contributed by atoms with Gasteiger partial charge >= 0.3 is 0 Å². The smallest absolute Gasteiger partial charge is 0.238 e. The minimum Gasteiger partial charge on any atom is -0.329 e. The summed E-state index contributed by atoms with van der Waals surface area (Å²) in [6.07, 6.45) is 0.914. The number of carbonyl (C=O) groups excluding carboxylic acids is 1. The summed E-state index contributed by atoms with van der Waals surface area (Å²) in [5.41, 5.74) is 10.1. The maximum absolute atomic E-state index is 12.4. The molecule has 0 spiro atoms. The van der Waals surface area contributed by atoms with Crippen molar-refractivity contribution >= 4 is 24.0 Å². The van der Waals surface area contributed by atoms with Gasteiger partial charge in [-0.15, -0.1) is 12.4 Å². The number of halogens is 1. The normalized spacial score (nSPS) is 10.4. The largest absolute Gasteiger partial charge is 0.329 e. The lowest BCUT2D eigenvalue weighted by Gasteiger charge is -2.21. The molecule has 0 aliphatic rings. The van der Waals surface area contributed by atoms with Crippen LogP contribution in [0.3, 0.4) is 0 Å². The highest BCUT2D eigenvalue weighted by atomic mass is 35.5. The molecule has 25 heavy (non-hydrogen) atoms. The lowest BCUT2D eigenvalue weighted by atomic mass is 10.1. The summed E-state index contributed by atoms with van der Waals surface area (Å²) in [4.78, 5) is 14.5. The van der Waals surface area contributed by atoms with Crippen molar-refractivity contribution < 1.29 is 4.79 Å². The van der Waals surface area contributed by atoms with Crippen LogP contribution < -0.4 is 11.1 Å². The van der Waals surface area contributed by atoms with E-state index < -0.39 is 0 Å². The summed E-state index contributed by atoms with van der Waals surface area (Å²) < 4.78 is 0. The second-order valence-electron chi connectivity index (χ2n) is 6.10. The molecule has 2 aromatic rings. The fourth-order valence-electron chi connectivity index (χ4n) is 2.66. The van der Waals surface area contributed by atoms with Crippen LogP contribution in [0.2, 0.25) is 0 Å². The summed E-state index contributed by atoms with van der Waals surface area (Å²) in [6.45, 7) is 6.51. The fourth-order valence-corrected chi connectivity index (χ4v) is 2.66. The Morgan fingerprint density at radius 1 is 1.04 bits per heavy atom. The van der Waals surface area contributed by atoms with Crippen LogP contribution in [0, 0.1) is 13.8 Å². The van der Waals surface area contributed by atoms with Crippen molar-refractivity contribution in [3.8, 4) is 0 Å². The molecule has 0 heterocycles. The first-order valence-corrected chi connectivity index (χ1v) is 8.42. The van der Waals surface area contributed by atoms with Gasteiger partial charge in [0.15, 0.2) is 0 Å². The minimum atomic E-state index is 0. The lowest BCUT2D eigenvalue weighted by Crippen LogP contribution is -2.38. The van der Waals surface area contributed by atoms with Crippen LogP contribution in [0.15, 0.2) is 48.5 Å². The molecule has 5 heteroatoms. The second-order valence-corrected chi connectivity index (χ2v) is 6.10. The van der Waals surface area contributed by atoms with Crippen LogP contribution in [-0.4, -0.2) is 37.0 Å². The Hall–Kier alpha value is -1.88. The van der Waals surface area contributed by atoms with E-state index in [0.717, 1.165) is 24.2 Å². The quantitative estimate of drug-likeness (QED) is 0.759. The van der Waals surface area contributed by atoms with Gasteiger partial charge in [0.2, 0.25) is 5.91 Å². The van der Waals surface area contributed by atoms with E-state index in [9.17, 15) is 4.79 Å². The number of nitrogens with zero attached hydrogens (tertiary/aromatic N) is 1. The first-order valence-electron chi connectivity index (χ1n) is 8.42. The zero-order valence-corrected chi connectivity index (χ0v) is 15.8. The van der Waals surface area contributed by atoms with Gasteiger partial charge in [0, 0.05) is 25.3 Å². The summed E-state index contributed by atoms with van der Waals surface area (Å²) in [6, 6.07) is 16.3. The number of carbonyl (C=O) groups is 1. The van der Waals surface area contributed by atoms with E-state index in [1.165, 1.54) is 11.1 Å². The van der Waals surface area contributed by atoms with Gasteiger partial charge in [-0.05, 0) is 43.0 Å². The predicted octanol–water partition coefficient (Wildman–Crippen LogP) is 3.17. The SMILES string of the molecule is Cc1cccc(NC(=O)CN(CCN)CCc2ccccc2)c1C.Cl. The molecule has 0 aromatic heterocycles. The van der Waals surface area contributed by atoms with Gasteiger partial charge in [0.05, 0.1) is 6.54 Å². The van der Waals surface area contributed by atoms with Gasteiger partial charge < -0.3 is 11.1 Å². The molecule has 4 nitrogen and oxygen atoms in total. The van der Waals surface area contributed by atoms with E-state index in [1.54, 1.807) is 0 Å². The molecule has 136 valence electrons. The van der Waals surface area contributed by atoms with Crippen molar-refractivity contribution in [1.82, 2.24) is 4.90 Å². The van der Waals surface area contributed by atoms with E-state index in [0.29, 0.717) is 19.6 Å². The number of benzene rings is 2. The van der Waals surface area contributed by atoms with Gasteiger partial charge in [0.1, 0.15) is 0 Å². The molecule has 2 aromatic carbocycles. The number of amides is 1. The predicted molar refractivity (Wildman–Crippen MR) is 107 cm³/mol. The summed E-state index contributed by atoms with van der Waals surface area (Å²) >= 11 is 0. The Morgan fingerprint density at radius 3 is 2.44 bits per heavy atom. The van der Waals surface area contributed by atoms with Gasteiger partial charge in [-0.3, -0.25) is 9.69 Å². The molecule has 0 fully saturated rings. The van der Waals surface area contributed by atoms with E-state index in [-0.39, 0.29) is 18.3 Å². The molecular formula is C20H28ClN3O. The Kier molecular flexibility index (Phi) is 9.21. The molecule has 1 amide bonds. The van der Waals surface area contributed by atoms with E-state index in [4.69, 9.17) is 5.73 Å². The average Bonchev–Trinajstić information content (AvgIpc) is 2.58.